The maximum absolute atomic E-state index is 12.1. The number of amides is 1. The molecule has 2 heterocycles. The maximum atomic E-state index is 12.1. The Hall–Kier alpha value is -3.35. The average molecular weight is 424 g/mol. The van der Waals surface area contributed by atoms with Crippen LogP contribution in [0.3, 0.4) is 0 Å². The van der Waals surface area contributed by atoms with Gasteiger partial charge in [0.05, 0.1) is 6.26 Å². The summed E-state index contributed by atoms with van der Waals surface area (Å²) in [5.74, 6) is 0.204. The smallest absolute Gasteiger partial charge is 0.365 e. The highest BCUT2D eigenvalue weighted by molar-refractivity contribution is 6.11. The fourth-order valence-corrected chi connectivity index (χ4v) is 3.33. The molecule has 0 radical (unpaired) electrons. The molecule has 3 rings (SSSR count). The van der Waals surface area contributed by atoms with Gasteiger partial charge in [0, 0.05) is 38.9 Å². The van der Waals surface area contributed by atoms with Crippen LogP contribution in [0.15, 0.2) is 64.0 Å². The molecule has 7 heteroatoms. The summed E-state index contributed by atoms with van der Waals surface area (Å²) >= 11 is 0. The number of furan rings is 1. The molecule has 0 fully saturated rings. The van der Waals surface area contributed by atoms with Crippen LogP contribution in [0.25, 0.3) is 0 Å². The van der Waals surface area contributed by atoms with E-state index >= 15 is 0 Å². The molecule has 0 saturated carbocycles. The van der Waals surface area contributed by atoms with E-state index in [1.165, 1.54) is 6.26 Å². The lowest BCUT2D eigenvalue weighted by Crippen LogP contribution is -2.27. The normalized spacial score (nSPS) is 14.5. The van der Waals surface area contributed by atoms with Crippen molar-refractivity contribution in [2.45, 2.75) is 32.6 Å². The van der Waals surface area contributed by atoms with Crippen molar-refractivity contribution >= 4 is 17.8 Å². The molecule has 1 amide bonds. The van der Waals surface area contributed by atoms with E-state index in [4.69, 9.17) is 9.15 Å². The molecule has 0 aliphatic carbocycles. The molecule has 0 atom stereocenters. The van der Waals surface area contributed by atoms with E-state index in [2.05, 4.69) is 4.99 Å². The van der Waals surface area contributed by atoms with Gasteiger partial charge in [-0.2, -0.15) is 0 Å². The molecule has 0 N–H and O–H groups in total. The Morgan fingerprint density at radius 1 is 1.06 bits per heavy atom. The number of esters is 1. The molecule has 1 aromatic heterocycles. The van der Waals surface area contributed by atoms with Gasteiger partial charge in [0.2, 0.25) is 5.90 Å². The Kier molecular flexibility index (Phi) is 7.65. The monoisotopic (exact) mass is 423 g/mol. The van der Waals surface area contributed by atoms with Crippen LogP contribution in [0, 0.1) is 6.92 Å². The fourth-order valence-electron chi connectivity index (χ4n) is 3.33. The highest BCUT2D eigenvalue weighted by atomic mass is 16.6. The Morgan fingerprint density at radius 3 is 2.55 bits per heavy atom. The topological polar surface area (TPSA) is 75.4 Å². The van der Waals surface area contributed by atoms with Crippen molar-refractivity contribution in [3.8, 4) is 0 Å². The van der Waals surface area contributed by atoms with E-state index in [-0.39, 0.29) is 5.91 Å². The summed E-state index contributed by atoms with van der Waals surface area (Å²) < 4.78 is 10.5. The highest BCUT2D eigenvalue weighted by Crippen LogP contribution is 2.17. The van der Waals surface area contributed by atoms with Gasteiger partial charge in [0.25, 0.3) is 5.91 Å². The first-order valence-electron chi connectivity index (χ1n) is 10.5. The quantitative estimate of drug-likeness (QED) is 0.328. The van der Waals surface area contributed by atoms with Crippen LogP contribution in [0.5, 0.6) is 0 Å². The number of carbonyl (C=O) groups excluding carboxylic acids is 2. The van der Waals surface area contributed by atoms with Gasteiger partial charge in [-0.05, 0) is 44.0 Å². The van der Waals surface area contributed by atoms with Crippen LogP contribution < -0.4 is 0 Å². The van der Waals surface area contributed by atoms with Gasteiger partial charge >= 0.3 is 5.97 Å². The third kappa shape index (κ3) is 6.31. The van der Waals surface area contributed by atoms with Crippen LogP contribution in [0.2, 0.25) is 0 Å². The summed E-state index contributed by atoms with van der Waals surface area (Å²) in [7, 11) is 3.72. The van der Waals surface area contributed by atoms with Crippen molar-refractivity contribution in [2.75, 3.05) is 27.2 Å². The molecule has 0 unspecified atom stereocenters. The lowest BCUT2D eigenvalue weighted by Gasteiger charge is -2.16. The second-order valence-corrected chi connectivity index (χ2v) is 7.79. The number of benzene rings is 1. The predicted molar refractivity (Wildman–Crippen MR) is 119 cm³/mol. The molecular weight excluding hydrogens is 394 g/mol. The van der Waals surface area contributed by atoms with E-state index in [0.29, 0.717) is 23.9 Å². The van der Waals surface area contributed by atoms with Crippen LogP contribution in [-0.4, -0.2) is 54.8 Å². The molecule has 1 aliphatic rings. The minimum absolute atomic E-state index is 0.0922. The number of carbonyl (C=O) groups is 2. The third-order valence-electron chi connectivity index (χ3n) is 5.06. The number of nitrogens with zero attached hydrogens (tertiary/aromatic N) is 3. The van der Waals surface area contributed by atoms with E-state index in [1.807, 2.05) is 43.1 Å². The number of hydrogen-bond acceptors (Lipinski definition) is 6. The van der Waals surface area contributed by atoms with E-state index in [0.717, 1.165) is 43.4 Å². The van der Waals surface area contributed by atoms with Crippen molar-refractivity contribution in [3.05, 3.63) is 71.4 Å². The molecule has 0 bridgehead atoms. The molecule has 1 aromatic carbocycles. The molecular formula is C24H29N3O4. The molecule has 7 nitrogen and oxygen atoms in total. The van der Waals surface area contributed by atoms with Gasteiger partial charge in [0.1, 0.15) is 0 Å². The number of unbranched alkanes of at least 4 members (excludes halogenated alkanes) is 3. The number of rotatable bonds is 10. The summed E-state index contributed by atoms with van der Waals surface area (Å²) in [5.41, 5.74) is 2.20. The molecule has 0 spiro atoms. The van der Waals surface area contributed by atoms with Gasteiger partial charge in [-0.3, -0.25) is 4.79 Å². The Labute approximate surface area is 183 Å². The summed E-state index contributed by atoms with van der Waals surface area (Å²) in [6.07, 6.45) is 7.23. The molecule has 2 aromatic rings. The van der Waals surface area contributed by atoms with Crippen molar-refractivity contribution in [3.63, 3.8) is 0 Å². The maximum Gasteiger partial charge on any atom is 0.365 e. The first kappa shape index (κ1) is 22.3. The number of aryl methyl sites for hydroxylation is 1. The van der Waals surface area contributed by atoms with E-state index < -0.39 is 5.97 Å². The van der Waals surface area contributed by atoms with Crippen molar-refractivity contribution in [2.24, 2.45) is 4.99 Å². The standard InChI is InChI=1S/C24H29N3O4/c1-18-10-8-11-19(16-18)22-25-20(24(29)31-22)17-26(2)13-6-4-5-7-14-27(3)23(28)21-12-9-15-30-21/h8-12,15-17H,4-7,13-14H2,1-3H3. The molecule has 1 aliphatic heterocycles. The van der Waals surface area contributed by atoms with E-state index in [1.54, 1.807) is 30.3 Å². The van der Waals surface area contributed by atoms with Crippen molar-refractivity contribution in [1.29, 1.82) is 0 Å². The van der Waals surface area contributed by atoms with Gasteiger partial charge in [-0.25, -0.2) is 9.79 Å². The first-order valence-corrected chi connectivity index (χ1v) is 10.5. The lowest BCUT2D eigenvalue weighted by molar-refractivity contribution is -0.130. The predicted octanol–water partition coefficient (Wildman–Crippen LogP) is 4.00. The SMILES string of the molecule is Cc1cccc(C2=NC(=CN(C)CCCCCCN(C)C(=O)c3ccco3)C(=O)O2)c1. The molecule has 31 heavy (non-hydrogen) atoms. The van der Waals surface area contributed by atoms with Crippen LogP contribution >= 0.6 is 0 Å². The van der Waals surface area contributed by atoms with Gasteiger partial charge in [-0.1, -0.05) is 30.5 Å². The van der Waals surface area contributed by atoms with Crippen molar-refractivity contribution < 1.29 is 18.7 Å². The number of aliphatic imine (C=N–C) groups is 1. The Balaban J connectivity index is 1.38. The van der Waals surface area contributed by atoms with Gasteiger partial charge in [-0.15, -0.1) is 0 Å². The minimum Gasteiger partial charge on any atom is -0.459 e. The summed E-state index contributed by atoms with van der Waals surface area (Å²) in [6.45, 7) is 3.50. The zero-order valence-corrected chi connectivity index (χ0v) is 18.3. The highest BCUT2D eigenvalue weighted by Gasteiger charge is 2.24. The number of ether oxygens (including phenoxy) is 1. The van der Waals surface area contributed by atoms with Crippen LogP contribution in [0.4, 0.5) is 0 Å². The van der Waals surface area contributed by atoms with Crippen LogP contribution in [-0.2, 0) is 9.53 Å². The Morgan fingerprint density at radius 2 is 1.84 bits per heavy atom. The fraction of sp³-hybridized carbons (Fsp3) is 0.375. The second-order valence-electron chi connectivity index (χ2n) is 7.79. The summed E-state index contributed by atoms with van der Waals surface area (Å²) in [5, 5.41) is 0. The molecule has 164 valence electrons. The molecule has 0 saturated heterocycles. The summed E-state index contributed by atoms with van der Waals surface area (Å²) in [6, 6.07) is 11.1. The largest absolute Gasteiger partial charge is 0.459 e. The number of hydrogen-bond donors (Lipinski definition) is 0. The number of cyclic esters (lactones) is 1. The van der Waals surface area contributed by atoms with Gasteiger partial charge < -0.3 is 19.0 Å². The van der Waals surface area contributed by atoms with Crippen molar-refractivity contribution in [1.82, 2.24) is 9.80 Å². The average Bonchev–Trinajstić information content (AvgIpc) is 3.40. The third-order valence-corrected chi connectivity index (χ3v) is 5.06. The summed E-state index contributed by atoms with van der Waals surface area (Å²) in [4.78, 5) is 32.2. The van der Waals surface area contributed by atoms with E-state index in [9.17, 15) is 9.59 Å². The second kappa shape index (κ2) is 10.6. The van der Waals surface area contributed by atoms with Gasteiger partial charge in [0.15, 0.2) is 11.5 Å². The van der Waals surface area contributed by atoms with Crippen LogP contribution in [0.1, 0.15) is 47.4 Å². The zero-order chi connectivity index (χ0) is 22.2. The Bertz CT molecular complexity index is 963. The first-order chi connectivity index (χ1) is 14.9. The zero-order valence-electron chi connectivity index (χ0n) is 18.3. The lowest BCUT2D eigenvalue weighted by atomic mass is 10.1. The minimum atomic E-state index is -0.424.